The van der Waals surface area contributed by atoms with E-state index in [1.54, 1.807) is 18.2 Å². The number of hydrogen-bond donors (Lipinski definition) is 2. The number of amides is 1. The smallest absolute Gasteiger partial charge is 0.242 e. The van der Waals surface area contributed by atoms with Crippen LogP contribution in [-0.2, 0) is 4.79 Å². The predicted molar refractivity (Wildman–Crippen MR) is 70.4 cm³/mol. The van der Waals surface area contributed by atoms with Gasteiger partial charge in [-0.1, -0.05) is 11.6 Å². The molecule has 0 saturated carbocycles. The van der Waals surface area contributed by atoms with Crippen LogP contribution in [0.25, 0.3) is 0 Å². The van der Waals surface area contributed by atoms with Crippen molar-refractivity contribution in [3.05, 3.63) is 28.8 Å². The molecule has 1 saturated heterocycles. The first kappa shape index (κ1) is 12.7. The van der Waals surface area contributed by atoms with Crippen LogP contribution in [0.15, 0.2) is 18.2 Å². The molecule has 1 aromatic carbocycles. The highest BCUT2D eigenvalue weighted by Crippen LogP contribution is 2.22. The van der Waals surface area contributed by atoms with Crippen molar-refractivity contribution in [2.45, 2.75) is 25.3 Å². The van der Waals surface area contributed by atoms with Crippen LogP contribution >= 0.6 is 11.6 Å². The molecule has 18 heavy (non-hydrogen) atoms. The molecule has 0 radical (unpaired) electrons. The molecule has 1 fully saturated rings. The second-order valence-electron chi connectivity index (χ2n) is 4.29. The summed E-state index contributed by atoms with van der Waals surface area (Å²) >= 11 is 5.91. The standard InChI is InChI=1S/C13H14ClN3O/c14-10-5-4-9(8-15)12(7-10)17-11-3-1-2-6-16-13(11)18/h4-5,7,11,17H,1-3,6H2,(H,16,18). The van der Waals surface area contributed by atoms with E-state index in [0.717, 1.165) is 25.8 Å². The van der Waals surface area contributed by atoms with Gasteiger partial charge in [0.1, 0.15) is 12.1 Å². The van der Waals surface area contributed by atoms with Crippen LogP contribution in [0, 0.1) is 11.3 Å². The normalized spacial score (nSPS) is 19.6. The summed E-state index contributed by atoms with van der Waals surface area (Å²) in [5.41, 5.74) is 1.11. The molecule has 0 spiro atoms. The molecule has 0 aromatic heterocycles. The number of halogens is 1. The number of anilines is 1. The molecule has 1 aliphatic rings. The first-order valence-electron chi connectivity index (χ1n) is 5.94. The molecule has 1 heterocycles. The first-order chi connectivity index (χ1) is 8.70. The second kappa shape index (κ2) is 5.74. The third kappa shape index (κ3) is 2.93. The number of benzene rings is 1. The van der Waals surface area contributed by atoms with Gasteiger partial charge in [-0.25, -0.2) is 0 Å². The summed E-state index contributed by atoms with van der Waals surface area (Å²) < 4.78 is 0. The summed E-state index contributed by atoms with van der Waals surface area (Å²) in [6.07, 6.45) is 2.74. The first-order valence-corrected chi connectivity index (χ1v) is 6.32. The van der Waals surface area contributed by atoms with Gasteiger partial charge in [-0.15, -0.1) is 0 Å². The molecule has 0 aliphatic carbocycles. The Morgan fingerprint density at radius 2 is 2.28 bits per heavy atom. The molecular weight excluding hydrogens is 250 g/mol. The monoisotopic (exact) mass is 263 g/mol. The van der Waals surface area contributed by atoms with E-state index in [1.165, 1.54) is 0 Å². The number of nitrogens with zero attached hydrogens (tertiary/aromatic N) is 1. The van der Waals surface area contributed by atoms with E-state index in [-0.39, 0.29) is 11.9 Å². The number of carbonyl (C=O) groups is 1. The summed E-state index contributed by atoms with van der Waals surface area (Å²) in [6, 6.07) is 6.79. The summed E-state index contributed by atoms with van der Waals surface area (Å²) in [5.74, 6) is -0.0173. The minimum atomic E-state index is -0.293. The van der Waals surface area contributed by atoms with Gasteiger partial charge in [0.15, 0.2) is 0 Å². The molecule has 1 amide bonds. The lowest BCUT2D eigenvalue weighted by molar-refractivity contribution is -0.121. The van der Waals surface area contributed by atoms with Crippen LogP contribution in [0.3, 0.4) is 0 Å². The van der Waals surface area contributed by atoms with Crippen molar-refractivity contribution < 1.29 is 4.79 Å². The number of nitriles is 1. The molecule has 94 valence electrons. The van der Waals surface area contributed by atoms with E-state index in [9.17, 15) is 4.79 Å². The largest absolute Gasteiger partial charge is 0.373 e. The van der Waals surface area contributed by atoms with Gasteiger partial charge in [-0.05, 0) is 37.5 Å². The zero-order valence-electron chi connectivity index (χ0n) is 9.87. The van der Waals surface area contributed by atoms with Crippen molar-refractivity contribution in [3.63, 3.8) is 0 Å². The number of hydrogen-bond acceptors (Lipinski definition) is 3. The Labute approximate surface area is 111 Å². The van der Waals surface area contributed by atoms with Gasteiger partial charge in [0, 0.05) is 11.6 Å². The van der Waals surface area contributed by atoms with E-state index in [2.05, 4.69) is 16.7 Å². The van der Waals surface area contributed by atoms with Crippen LogP contribution < -0.4 is 10.6 Å². The topological polar surface area (TPSA) is 64.9 Å². The maximum Gasteiger partial charge on any atom is 0.242 e. The SMILES string of the molecule is N#Cc1ccc(Cl)cc1NC1CCCCNC1=O. The molecule has 1 unspecified atom stereocenters. The lowest BCUT2D eigenvalue weighted by atomic mass is 10.1. The lowest BCUT2D eigenvalue weighted by Gasteiger charge is -2.17. The van der Waals surface area contributed by atoms with Crippen LogP contribution in [0.5, 0.6) is 0 Å². The molecule has 1 aromatic rings. The van der Waals surface area contributed by atoms with Crippen molar-refractivity contribution >= 4 is 23.2 Å². The third-order valence-electron chi connectivity index (χ3n) is 2.97. The van der Waals surface area contributed by atoms with Gasteiger partial charge in [0.2, 0.25) is 5.91 Å². The van der Waals surface area contributed by atoms with E-state index in [1.807, 2.05) is 0 Å². The van der Waals surface area contributed by atoms with E-state index in [0.29, 0.717) is 16.3 Å². The van der Waals surface area contributed by atoms with Crippen molar-refractivity contribution in [2.24, 2.45) is 0 Å². The average Bonchev–Trinajstić information content (AvgIpc) is 2.55. The van der Waals surface area contributed by atoms with Gasteiger partial charge in [0.25, 0.3) is 0 Å². The Bertz CT molecular complexity index is 495. The Hall–Kier alpha value is -1.73. The highest BCUT2D eigenvalue weighted by molar-refractivity contribution is 6.30. The van der Waals surface area contributed by atoms with Gasteiger partial charge in [0.05, 0.1) is 11.3 Å². The summed E-state index contributed by atoms with van der Waals surface area (Å²) in [6.45, 7) is 0.720. The lowest BCUT2D eigenvalue weighted by Crippen LogP contribution is -2.38. The van der Waals surface area contributed by atoms with Crippen molar-refractivity contribution in [1.29, 1.82) is 5.26 Å². The Kier molecular flexibility index (Phi) is 4.06. The second-order valence-corrected chi connectivity index (χ2v) is 4.72. The summed E-state index contributed by atoms with van der Waals surface area (Å²) in [4.78, 5) is 11.8. The van der Waals surface area contributed by atoms with Crippen LogP contribution in [0.1, 0.15) is 24.8 Å². The van der Waals surface area contributed by atoms with Crippen molar-refractivity contribution in [1.82, 2.24) is 5.32 Å². The zero-order chi connectivity index (χ0) is 13.0. The minimum absolute atomic E-state index is 0.0173. The number of rotatable bonds is 2. The highest BCUT2D eigenvalue weighted by Gasteiger charge is 2.21. The molecule has 1 aliphatic heterocycles. The van der Waals surface area contributed by atoms with Gasteiger partial charge >= 0.3 is 0 Å². The van der Waals surface area contributed by atoms with Gasteiger partial charge < -0.3 is 10.6 Å². The van der Waals surface area contributed by atoms with Gasteiger partial charge in [-0.3, -0.25) is 4.79 Å². The molecule has 1 atom stereocenters. The minimum Gasteiger partial charge on any atom is -0.373 e. The van der Waals surface area contributed by atoms with Crippen LogP contribution in [0.2, 0.25) is 5.02 Å². The Morgan fingerprint density at radius 3 is 3.06 bits per heavy atom. The van der Waals surface area contributed by atoms with Crippen molar-refractivity contribution in [2.75, 3.05) is 11.9 Å². The van der Waals surface area contributed by atoms with Crippen molar-refractivity contribution in [3.8, 4) is 6.07 Å². The van der Waals surface area contributed by atoms with E-state index < -0.39 is 0 Å². The van der Waals surface area contributed by atoms with E-state index in [4.69, 9.17) is 16.9 Å². The fourth-order valence-corrected chi connectivity index (χ4v) is 2.17. The van der Waals surface area contributed by atoms with Gasteiger partial charge in [-0.2, -0.15) is 5.26 Å². The Morgan fingerprint density at radius 1 is 1.44 bits per heavy atom. The third-order valence-corrected chi connectivity index (χ3v) is 3.20. The van der Waals surface area contributed by atoms with E-state index >= 15 is 0 Å². The fraction of sp³-hybridized carbons (Fsp3) is 0.385. The number of carbonyl (C=O) groups excluding carboxylic acids is 1. The highest BCUT2D eigenvalue weighted by atomic mass is 35.5. The van der Waals surface area contributed by atoms with Crippen LogP contribution in [-0.4, -0.2) is 18.5 Å². The molecule has 2 N–H and O–H groups in total. The maximum absolute atomic E-state index is 11.8. The quantitative estimate of drug-likeness (QED) is 0.860. The molecule has 5 heteroatoms. The zero-order valence-corrected chi connectivity index (χ0v) is 10.6. The summed E-state index contributed by atoms with van der Waals surface area (Å²) in [5, 5.41) is 15.5. The molecule has 2 rings (SSSR count). The maximum atomic E-state index is 11.8. The molecule has 4 nitrogen and oxygen atoms in total. The average molecular weight is 264 g/mol. The predicted octanol–water partition coefficient (Wildman–Crippen LogP) is 2.29. The van der Waals surface area contributed by atoms with Crippen LogP contribution in [0.4, 0.5) is 5.69 Å². The fourth-order valence-electron chi connectivity index (χ4n) is 2.00. The molecular formula is C13H14ClN3O. The number of nitrogens with one attached hydrogen (secondary N) is 2. The Balaban J connectivity index is 2.19. The summed E-state index contributed by atoms with van der Waals surface area (Å²) in [7, 11) is 0. The molecule has 0 bridgehead atoms.